The molecule has 1 aromatic rings. The van der Waals surface area contributed by atoms with Crippen LogP contribution in [-0.4, -0.2) is 70.1 Å². The molecule has 0 saturated carbocycles. The highest BCUT2D eigenvalue weighted by Gasteiger charge is 2.36. The van der Waals surface area contributed by atoms with Gasteiger partial charge in [-0.05, 0) is 24.8 Å². The predicted molar refractivity (Wildman–Crippen MR) is 103 cm³/mol. The standard InChI is InChI=1S/C18H26N2O5S2/c1-26(22,23)20-11-7-16(8-12-20)18(21)19-10-9-17(27(24,25)14-13-19)15-5-3-2-4-6-15/h2-6,16-17H,7-14H2,1H3/t17-/m0/s1. The lowest BCUT2D eigenvalue weighted by molar-refractivity contribution is -0.136. The van der Waals surface area contributed by atoms with Gasteiger partial charge in [0.2, 0.25) is 15.9 Å². The third-order valence-electron chi connectivity index (χ3n) is 5.50. The largest absolute Gasteiger partial charge is 0.341 e. The Bertz CT molecular complexity index is 876. The van der Waals surface area contributed by atoms with Gasteiger partial charge in [0, 0.05) is 32.1 Å². The zero-order valence-corrected chi connectivity index (χ0v) is 17.1. The summed E-state index contributed by atoms with van der Waals surface area (Å²) in [5, 5.41) is -0.580. The number of amides is 1. The summed E-state index contributed by atoms with van der Waals surface area (Å²) in [6, 6.07) is 9.15. The van der Waals surface area contributed by atoms with Crippen molar-refractivity contribution in [3.05, 3.63) is 35.9 Å². The third kappa shape index (κ3) is 4.70. The summed E-state index contributed by atoms with van der Waals surface area (Å²) in [7, 11) is -6.55. The Kier molecular flexibility index (Phi) is 5.93. The van der Waals surface area contributed by atoms with E-state index in [1.165, 1.54) is 10.6 Å². The zero-order valence-electron chi connectivity index (χ0n) is 15.5. The van der Waals surface area contributed by atoms with Crippen LogP contribution in [0.25, 0.3) is 0 Å². The van der Waals surface area contributed by atoms with Crippen molar-refractivity contribution in [1.82, 2.24) is 9.21 Å². The third-order valence-corrected chi connectivity index (χ3v) is 8.93. The van der Waals surface area contributed by atoms with E-state index in [2.05, 4.69) is 0 Å². The monoisotopic (exact) mass is 414 g/mol. The second-order valence-corrected chi connectivity index (χ2v) is 11.6. The molecule has 2 aliphatic heterocycles. The van der Waals surface area contributed by atoms with Crippen LogP contribution in [0.15, 0.2) is 30.3 Å². The molecule has 9 heteroatoms. The van der Waals surface area contributed by atoms with Gasteiger partial charge in [-0.1, -0.05) is 30.3 Å². The van der Waals surface area contributed by atoms with Crippen LogP contribution in [0.3, 0.4) is 0 Å². The summed E-state index contributed by atoms with van der Waals surface area (Å²) < 4.78 is 50.0. The van der Waals surface area contributed by atoms with E-state index in [0.29, 0.717) is 38.9 Å². The zero-order chi connectivity index (χ0) is 19.7. The molecule has 0 aliphatic carbocycles. The van der Waals surface area contributed by atoms with Crippen molar-refractivity contribution in [3.63, 3.8) is 0 Å². The first-order chi connectivity index (χ1) is 12.7. The first-order valence-corrected chi connectivity index (χ1v) is 12.8. The summed E-state index contributed by atoms with van der Waals surface area (Å²) in [5.74, 6) is -0.327. The summed E-state index contributed by atoms with van der Waals surface area (Å²) >= 11 is 0. The lowest BCUT2D eigenvalue weighted by Gasteiger charge is -2.32. The summed E-state index contributed by atoms with van der Waals surface area (Å²) in [4.78, 5) is 14.5. The molecule has 3 rings (SSSR count). The van der Waals surface area contributed by atoms with Gasteiger partial charge in [-0.2, -0.15) is 0 Å². The fourth-order valence-electron chi connectivity index (χ4n) is 3.90. The number of hydrogen-bond acceptors (Lipinski definition) is 5. The lowest BCUT2D eigenvalue weighted by atomic mass is 9.96. The highest BCUT2D eigenvalue weighted by Crippen LogP contribution is 2.30. The van der Waals surface area contributed by atoms with E-state index in [4.69, 9.17) is 0 Å². The average molecular weight is 415 g/mol. The maximum absolute atomic E-state index is 12.9. The number of carbonyl (C=O) groups excluding carboxylic acids is 1. The molecule has 1 amide bonds. The van der Waals surface area contributed by atoms with Crippen molar-refractivity contribution in [2.45, 2.75) is 24.5 Å². The molecule has 7 nitrogen and oxygen atoms in total. The smallest absolute Gasteiger partial charge is 0.225 e. The second-order valence-electron chi connectivity index (χ2n) is 7.32. The van der Waals surface area contributed by atoms with Crippen LogP contribution < -0.4 is 0 Å². The second kappa shape index (κ2) is 7.89. The Labute approximate surface area is 161 Å². The van der Waals surface area contributed by atoms with Gasteiger partial charge in [-0.3, -0.25) is 4.79 Å². The van der Waals surface area contributed by atoms with Gasteiger partial charge in [-0.25, -0.2) is 21.1 Å². The molecule has 0 spiro atoms. The van der Waals surface area contributed by atoms with Gasteiger partial charge in [0.05, 0.1) is 17.3 Å². The summed E-state index contributed by atoms with van der Waals surface area (Å²) in [6.07, 6.45) is 2.54. The van der Waals surface area contributed by atoms with Crippen LogP contribution in [0.4, 0.5) is 0 Å². The molecule has 0 unspecified atom stereocenters. The number of sulfone groups is 1. The molecule has 0 aromatic heterocycles. The molecular formula is C18H26N2O5S2. The first kappa shape index (κ1) is 20.3. The molecule has 1 aromatic carbocycles. The van der Waals surface area contributed by atoms with E-state index in [-0.39, 0.29) is 24.1 Å². The summed E-state index contributed by atoms with van der Waals surface area (Å²) in [6.45, 7) is 1.29. The van der Waals surface area contributed by atoms with Crippen LogP contribution in [0.1, 0.15) is 30.1 Å². The lowest BCUT2D eigenvalue weighted by Crippen LogP contribution is -2.44. The van der Waals surface area contributed by atoms with Crippen LogP contribution in [0, 0.1) is 5.92 Å². The van der Waals surface area contributed by atoms with Gasteiger partial charge in [-0.15, -0.1) is 0 Å². The van der Waals surface area contributed by atoms with E-state index in [9.17, 15) is 21.6 Å². The van der Waals surface area contributed by atoms with Gasteiger partial charge < -0.3 is 4.90 Å². The number of sulfonamides is 1. The molecule has 150 valence electrons. The van der Waals surface area contributed by atoms with Gasteiger partial charge in [0.15, 0.2) is 9.84 Å². The van der Waals surface area contributed by atoms with E-state index in [1.807, 2.05) is 30.3 Å². The fourth-order valence-corrected chi connectivity index (χ4v) is 6.57. The Hall–Kier alpha value is -1.45. The number of piperidine rings is 1. The van der Waals surface area contributed by atoms with Crippen LogP contribution in [0.5, 0.6) is 0 Å². The van der Waals surface area contributed by atoms with Crippen LogP contribution in [-0.2, 0) is 24.7 Å². The molecule has 2 heterocycles. The quantitative estimate of drug-likeness (QED) is 0.737. The Morgan fingerprint density at radius 2 is 1.63 bits per heavy atom. The van der Waals surface area contributed by atoms with E-state index < -0.39 is 25.1 Å². The van der Waals surface area contributed by atoms with Gasteiger partial charge >= 0.3 is 0 Å². The topological polar surface area (TPSA) is 91.8 Å². The van der Waals surface area contributed by atoms with Crippen molar-refractivity contribution < 1.29 is 21.6 Å². The molecule has 0 radical (unpaired) electrons. The molecule has 2 fully saturated rings. The molecule has 2 aliphatic rings. The Morgan fingerprint density at radius 3 is 2.22 bits per heavy atom. The first-order valence-electron chi connectivity index (χ1n) is 9.19. The Balaban J connectivity index is 1.66. The SMILES string of the molecule is CS(=O)(=O)N1CCC(C(=O)N2CC[C@@H](c3ccccc3)S(=O)(=O)CC2)CC1. The number of hydrogen-bond donors (Lipinski definition) is 0. The van der Waals surface area contributed by atoms with Gasteiger partial charge in [0.1, 0.15) is 0 Å². The van der Waals surface area contributed by atoms with Crippen molar-refractivity contribution in [3.8, 4) is 0 Å². The molecular weight excluding hydrogens is 388 g/mol. The van der Waals surface area contributed by atoms with Gasteiger partial charge in [0.25, 0.3) is 0 Å². The average Bonchev–Trinajstić information content (AvgIpc) is 2.79. The van der Waals surface area contributed by atoms with E-state index in [1.54, 1.807) is 4.90 Å². The highest BCUT2D eigenvalue weighted by molar-refractivity contribution is 7.91. The normalized spacial score (nSPS) is 25.1. The number of nitrogens with zero attached hydrogens (tertiary/aromatic N) is 2. The molecule has 27 heavy (non-hydrogen) atoms. The minimum Gasteiger partial charge on any atom is -0.341 e. The molecule has 1 atom stereocenters. The van der Waals surface area contributed by atoms with E-state index in [0.717, 1.165) is 5.56 Å². The minimum absolute atomic E-state index is 0.0412. The molecule has 2 saturated heterocycles. The summed E-state index contributed by atoms with van der Waals surface area (Å²) in [5.41, 5.74) is 0.772. The maximum atomic E-state index is 12.9. The number of benzene rings is 1. The van der Waals surface area contributed by atoms with E-state index >= 15 is 0 Å². The highest BCUT2D eigenvalue weighted by atomic mass is 32.2. The minimum atomic E-state index is -3.32. The van der Waals surface area contributed by atoms with Crippen molar-refractivity contribution >= 4 is 25.8 Å². The van der Waals surface area contributed by atoms with Crippen molar-refractivity contribution in [2.75, 3.05) is 38.2 Å². The predicted octanol–water partition coefficient (Wildman–Crippen LogP) is 1.05. The van der Waals surface area contributed by atoms with Crippen LogP contribution >= 0.6 is 0 Å². The van der Waals surface area contributed by atoms with Crippen molar-refractivity contribution in [2.24, 2.45) is 5.92 Å². The van der Waals surface area contributed by atoms with Crippen molar-refractivity contribution in [1.29, 1.82) is 0 Å². The Morgan fingerprint density at radius 1 is 1.00 bits per heavy atom. The number of rotatable bonds is 3. The van der Waals surface area contributed by atoms with Crippen LogP contribution in [0.2, 0.25) is 0 Å². The fraction of sp³-hybridized carbons (Fsp3) is 0.611. The number of carbonyl (C=O) groups is 1. The maximum Gasteiger partial charge on any atom is 0.225 e. The molecule has 0 N–H and O–H groups in total. The molecule has 0 bridgehead atoms.